The number of amides is 2. The Kier molecular flexibility index (Phi) is 5.18. The summed E-state index contributed by atoms with van der Waals surface area (Å²) < 4.78 is 0. The second-order valence-corrected chi connectivity index (χ2v) is 6.82. The molecular formula is C18H27N3O2. The van der Waals surface area contributed by atoms with Crippen LogP contribution in [0.5, 0.6) is 0 Å². The van der Waals surface area contributed by atoms with Crippen LogP contribution in [0, 0.1) is 0 Å². The van der Waals surface area contributed by atoms with Gasteiger partial charge in [0.15, 0.2) is 0 Å². The highest BCUT2D eigenvalue weighted by atomic mass is 16.3. The minimum absolute atomic E-state index is 0.00533. The van der Waals surface area contributed by atoms with Crippen LogP contribution in [0.4, 0.5) is 4.79 Å². The van der Waals surface area contributed by atoms with Crippen LogP contribution in [0.15, 0.2) is 30.3 Å². The number of likely N-dealkylation sites (tertiary alicyclic amines) is 2. The van der Waals surface area contributed by atoms with Gasteiger partial charge in [-0.1, -0.05) is 30.3 Å². The second kappa shape index (κ2) is 7.32. The quantitative estimate of drug-likeness (QED) is 0.890. The van der Waals surface area contributed by atoms with Crippen molar-refractivity contribution in [3.63, 3.8) is 0 Å². The Bertz CT molecular complexity index is 522. The van der Waals surface area contributed by atoms with Gasteiger partial charge in [0.1, 0.15) is 0 Å². The first kappa shape index (κ1) is 16.3. The number of nitrogens with zero attached hydrogens (tertiary/aromatic N) is 2. The fourth-order valence-electron chi connectivity index (χ4n) is 3.79. The molecule has 2 amide bonds. The van der Waals surface area contributed by atoms with Crippen LogP contribution in [0.3, 0.4) is 0 Å². The topological polar surface area (TPSA) is 55.8 Å². The van der Waals surface area contributed by atoms with E-state index in [0.29, 0.717) is 6.04 Å². The van der Waals surface area contributed by atoms with Crippen molar-refractivity contribution >= 4 is 6.03 Å². The number of urea groups is 1. The van der Waals surface area contributed by atoms with Gasteiger partial charge in [-0.15, -0.1) is 0 Å². The van der Waals surface area contributed by atoms with Crippen LogP contribution in [-0.4, -0.2) is 58.8 Å². The summed E-state index contributed by atoms with van der Waals surface area (Å²) in [5.41, 5.74) is 1.31. The predicted molar refractivity (Wildman–Crippen MR) is 90.1 cm³/mol. The van der Waals surface area contributed by atoms with Crippen LogP contribution in [-0.2, 0) is 6.54 Å². The van der Waals surface area contributed by atoms with E-state index in [1.165, 1.54) is 5.56 Å². The third kappa shape index (κ3) is 3.85. The summed E-state index contributed by atoms with van der Waals surface area (Å²) in [6.07, 6.45) is 2.88. The maximum Gasteiger partial charge on any atom is 0.317 e. The van der Waals surface area contributed by atoms with Gasteiger partial charge in [-0.25, -0.2) is 4.79 Å². The van der Waals surface area contributed by atoms with Crippen LogP contribution in [0.25, 0.3) is 0 Å². The zero-order valence-electron chi connectivity index (χ0n) is 13.8. The maximum atomic E-state index is 12.4. The Morgan fingerprint density at radius 2 is 2.13 bits per heavy atom. The summed E-state index contributed by atoms with van der Waals surface area (Å²) in [5.74, 6) is 0. The van der Waals surface area contributed by atoms with Gasteiger partial charge in [0, 0.05) is 31.7 Å². The molecule has 0 bridgehead atoms. The number of benzene rings is 1. The summed E-state index contributed by atoms with van der Waals surface area (Å²) >= 11 is 0. The molecule has 0 aliphatic carbocycles. The van der Waals surface area contributed by atoms with Crippen molar-refractivity contribution in [1.29, 1.82) is 0 Å². The first-order valence-electron chi connectivity index (χ1n) is 8.63. The first-order chi connectivity index (χ1) is 11.2. The van der Waals surface area contributed by atoms with Crippen molar-refractivity contribution in [1.82, 2.24) is 15.1 Å². The molecule has 3 atom stereocenters. The average Bonchev–Trinajstić information content (AvgIpc) is 3.15. The highest BCUT2D eigenvalue weighted by Crippen LogP contribution is 2.22. The van der Waals surface area contributed by atoms with Crippen molar-refractivity contribution in [3.8, 4) is 0 Å². The Morgan fingerprint density at radius 1 is 1.35 bits per heavy atom. The largest absolute Gasteiger partial charge is 0.394 e. The van der Waals surface area contributed by atoms with Crippen molar-refractivity contribution < 1.29 is 9.90 Å². The van der Waals surface area contributed by atoms with E-state index in [1.807, 2.05) is 6.07 Å². The Balaban J connectivity index is 1.53. The van der Waals surface area contributed by atoms with E-state index in [9.17, 15) is 9.90 Å². The molecule has 126 valence electrons. The maximum absolute atomic E-state index is 12.4. The van der Waals surface area contributed by atoms with Gasteiger partial charge < -0.3 is 15.3 Å². The lowest BCUT2D eigenvalue weighted by Crippen LogP contribution is -2.48. The third-order valence-corrected chi connectivity index (χ3v) is 5.11. The fourth-order valence-corrected chi connectivity index (χ4v) is 3.79. The highest BCUT2D eigenvalue weighted by Gasteiger charge is 2.33. The van der Waals surface area contributed by atoms with Gasteiger partial charge >= 0.3 is 6.03 Å². The summed E-state index contributed by atoms with van der Waals surface area (Å²) in [6.45, 7) is 4.86. The van der Waals surface area contributed by atoms with Crippen molar-refractivity contribution in [2.24, 2.45) is 0 Å². The SMILES string of the molecule is CC1CC(NC(=O)N2CCC[C@@H]2CO)CN1Cc1ccccc1. The normalized spacial score (nSPS) is 28.3. The van der Waals surface area contributed by atoms with Gasteiger partial charge in [0.25, 0.3) is 0 Å². The minimum atomic E-state index is -0.0136. The van der Waals surface area contributed by atoms with Crippen molar-refractivity contribution in [2.75, 3.05) is 19.7 Å². The summed E-state index contributed by atoms with van der Waals surface area (Å²) in [7, 11) is 0. The summed E-state index contributed by atoms with van der Waals surface area (Å²) in [6, 6.07) is 11.1. The molecule has 2 aliphatic rings. The number of aliphatic hydroxyl groups is 1. The molecule has 23 heavy (non-hydrogen) atoms. The number of rotatable bonds is 4. The number of aliphatic hydroxyl groups excluding tert-OH is 1. The number of carbonyl (C=O) groups is 1. The van der Waals surface area contributed by atoms with E-state index < -0.39 is 0 Å². The first-order valence-corrected chi connectivity index (χ1v) is 8.63. The Morgan fingerprint density at radius 3 is 2.87 bits per heavy atom. The smallest absolute Gasteiger partial charge is 0.317 e. The van der Waals surface area contributed by atoms with E-state index in [1.54, 1.807) is 4.90 Å². The molecular weight excluding hydrogens is 290 g/mol. The molecule has 0 radical (unpaired) electrons. The van der Waals surface area contributed by atoms with Gasteiger partial charge in [-0.05, 0) is 31.7 Å². The third-order valence-electron chi connectivity index (χ3n) is 5.11. The average molecular weight is 317 g/mol. The lowest BCUT2D eigenvalue weighted by molar-refractivity contribution is 0.154. The molecule has 2 heterocycles. The lowest BCUT2D eigenvalue weighted by atomic mass is 10.2. The number of hydrogen-bond donors (Lipinski definition) is 2. The molecule has 2 aliphatic heterocycles. The van der Waals surface area contributed by atoms with Crippen LogP contribution >= 0.6 is 0 Å². The standard InChI is InChI=1S/C18H27N3O2/c1-14-10-16(12-20(14)11-15-6-3-2-4-7-15)19-18(23)21-9-5-8-17(21)13-22/h2-4,6-7,14,16-17,22H,5,8-13H2,1H3,(H,19,23)/t14?,16?,17-/m1/s1. The lowest BCUT2D eigenvalue weighted by Gasteiger charge is -2.25. The molecule has 3 rings (SSSR count). The van der Waals surface area contributed by atoms with Crippen molar-refractivity contribution in [3.05, 3.63) is 35.9 Å². The molecule has 2 saturated heterocycles. The van der Waals surface area contributed by atoms with Crippen LogP contribution < -0.4 is 5.32 Å². The second-order valence-electron chi connectivity index (χ2n) is 6.82. The van der Waals surface area contributed by atoms with E-state index >= 15 is 0 Å². The van der Waals surface area contributed by atoms with Crippen molar-refractivity contribution in [2.45, 2.75) is 50.9 Å². The van der Waals surface area contributed by atoms with Crippen LogP contribution in [0.1, 0.15) is 31.7 Å². The molecule has 0 spiro atoms. The zero-order chi connectivity index (χ0) is 16.2. The number of carbonyl (C=O) groups excluding carboxylic acids is 1. The Labute approximate surface area is 138 Å². The van der Waals surface area contributed by atoms with E-state index in [4.69, 9.17) is 0 Å². The molecule has 1 aromatic carbocycles. The number of hydrogen-bond acceptors (Lipinski definition) is 3. The van der Waals surface area contributed by atoms with Gasteiger partial charge in [0.05, 0.1) is 12.6 Å². The van der Waals surface area contributed by atoms with E-state index in [-0.39, 0.29) is 24.7 Å². The zero-order valence-corrected chi connectivity index (χ0v) is 13.8. The molecule has 0 aromatic heterocycles. The summed E-state index contributed by atoms with van der Waals surface area (Å²) in [4.78, 5) is 16.6. The van der Waals surface area contributed by atoms with Gasteiger partial charge in [0.2, 0.25) is 0 Å². The molecule has 2 unspecified atom stereocenters. The molecule has 1 aromatic rings. The predicted octanol–water partition coefficient (Wildman–Crippen LogP) is 1.82. The minimum Gasteiger partial charge on any atom is -0.394 e. The fraction of sp³-hybridized carbons (Fsp3) is 0.611. The van der Waals surface area contributed by atoms with Gasteiger partial charge in [-0.2, -0.15) is 0 Å². The molecule has 5 heteroatoms. The van der Waals surface area contributed by atoms with E-state index in [0.717, 1.165) is 38.9 Å². The van der Waals surface area contributed by atoms with E-state index in [2.05, 4.69) is 41.4 Å². The molecule has 2 fully saturated rings. The number of nitrogens with one attached hydrogen (secondary N) is 1. The monoisotopic (exact) mass is 317 g/mol. The molecule has 2 N–H and O–H groups in total. The van der Waals surface area contributed by atoms with Crippen LogP contribution in [0.2, 0.25) is 0 Å². The highest BCUT2D eigenvalue weighted by molar-refractivity contribution is 5.75. The molecule has 0 saturated carbocycles. The molecule has 5 nitrogen and oxygen atoms in total. The van der Waals surface area contributed by atoms with Gasteiger partial charge in [-0.3, -0.25) is 4.90 Å². The summed E-state index contributed by atoms with van der Waals surface area (Å²) in [5, 5.41) is 12.5. The Hall–Kier alpha value is -1.59.